The third kappa shape index (κ3) is 6.03. The Balaban J connectivity index is 2.26. The summed E-state index contributed by atoms with van der Waals surface area (Å²) in [5, 5.41) is 3.37. The summed E-state index contributed by atoms with van der Waals surface area (Å²) >= 11 is 0. The monoisotopic (exact) mass is 251 g/mol. The Bertz CT molecular complexity index is 311. The minimum Gasteiger partial charge on any atom is -0.494 e. The lowest BCUT2D eigenvalue weighted by atomic mass is 10.1. The number of hydrogen-bond acceptors (Lipinski definition) is 3. The van der Waals surface area contributed by atoms with Crippen molar-refractivity contribution in [3.63, 3.8) is 0 Å². The smallest absolute Gasteiger partial charge is 0.119 e. The zero-order chi connectivity index (χ0) is 13.2. The van der Waals surface area contributed by atoms with Crippen molar-refractivity contribution in [2.45, 2.75) is 32.7 Å². The Hall–Kier alpha value is -1.06. The van der Waals surface area contributed by atoms with Gasteiger partial charge in [-0.1, -0.05) is 19.1 Å². The van der Waals surface area contributed by atoms with E-state index >= 15 is 0 Å². The van der Waals surface area contributed by atoms with Crippen molar-refractivity contribution >= 4 is 0 Å². The van der Waals surface area contributed by atoms with Crippen LogP contribution in [0.3, 0.4) is 0 Å². The molecule has 0 aliphatic rings. The van der Waals surface area contributed by atoms with Gasteiger partial charge in [-0.15, -0.1) is 0 Å². The summed E-state index contributed by atoms with van der Waals surface area (Å²) in [5.41, 5.74) is 1.28. The molecule has 1 aromatic rings. The van der Waals surface area contributed by atoms with E-state index in [1.165, 1.54) is 5.56 Å². The molecule has 0 saturated carbocycles. The van der Waals surface area contributed by atoms with Gasteiger partial charge >= 0.3 is 0 Å². The van der Waals surface area contributed by atoms with Gasteiger partial charge in [-0.3, -0.25) is 0 Å². The molecule has 0 aliphatic carbocycles. The highest BCUT2D eigenvalue weighted by Gasteiger charge is 2.00. The van der Waals surface area contributed by atoms with E-state index in [2.05, 4.69) is 31.3 Å². The number of benzene rings is 1. The minimum absolute atomic E-state index is 0.510. The number of rotatable bonds is 9. The lowest BCUT2D eigenvalue weighted by Gasteiger charge is -2.13. The van der Waals surface area contributed by atoms with E-state index in [0.717, 1.165) is 38.3 Å². The van der Waals surface area contributed by atoms with Gasteiger partial charge in [0.05, 0.1) is 13.2 Å². The van der Waals surface area contributed by atoms with Crippen LogP contribution in [0.25, 0.3) is 0 Å². The van der Waals surface area contributed by atoms with E-state index in [9.17, 15) is 0 Å². The normalized spacial score (nSPS) is 12.4. The highest BCUT2D eigenvalue weighted by atomic mass is 16.5. The SMILES string of the molecule is CCNC(C)CCOc1ccc(CCOC)cc1. The highest BCUT2D eigenvalue weighted by Crippen LogP contribution is 2.13. The average molecular weight is 251 g/mol. The molecule has 18 heavy (non-hydrogen) atoms. The van der Waals surface area contributed by atoms with Gasteiger partial charge in [-0.05, 0) is 44.0 Å². The molecule has 0 aliphatic heterocycles. The molecule has 1 unspecified atom stereocenters. The average Bonchev–Trinajstić information content (AvgIpc) is 2.38. The van der Waals surface area contributed by atoms with Crippen molar-refractivity contribution < 1.29 is 9.47 Å². The molecule has 0 fully saturated rings. The van der Waals surface area contributed by atoms with Crippen LogP contribution in [-0.4, -0.2) is 32.9 Å². The van der Waals surface area contributed by atoms with Gasteiger partial charge in [-0.25, -0.2) is 0 Å². The summed E-state index contributed by atoms with van der Waals surface area (Å²) in [6.07, 6.45) is 1.98. The van der Waals surface area contributed by atoms with Crippen molar-refractivity contribution in [3.05, 3.63) is 29.8 Å². The molecule has 0 heterocycles. The molecule has 0 spiro atoms. The zero-order valence-electron chi connectivity index (χ0n) is 11.7. The fourth-order valence-electron chi connectivity index (χ4n) is 1.78. The van der Waals surface area contributed by atoms with E-state index in [4.69, 9.17) is 9.47 Å². The number of hydrogen-bond donors (Lipinski definition) is 1. The molecule has 3 heteroatoms. The molecule has 3 nitrogen and oxygen atoms in total. The molecule has 1 N–H and O–H groups in total. The Morgan fingerprint density at radius 3 is 2.50 bits per heavy atom. The molecular formula is C15H25NO2. The van der Waals surface area contributed by atoms with Crippen LogP contribution >= 0.6 is 0 Å². The van der Waals surface area contributed by atoms with E-state index in [0.29, 0.717) is 6.04 Å². The minimum atomic E-state index is 0.510. The first-order chi connectivity index (χ1) is 8.76. The topological polar surface area (TPSA) is 30.5 Å². The third-order valence-electron chi connectivity index (χ3n) is 2.89. The summed E-state index contributed by atoms with van der Waals surface area (Å²) in [5.74, 6) is 0.944. The third-order valence-corrected chi connectivity index (χ3v) is 2.89. The summed E-state index contributed by atoms with van der Waals surface area (Å²) in [7, 11) is 1.73. The largest absolute Gasteiger partial charge is 0.494 e. The predicted octanol–water partition coefficient (Wildman–Crippen LogP) is 2.64. The fourth-order valence-corrected chi connectivity index (χ4v) is 1.78. The maximum absolute atomic E-state index is 5.71. The van der Waals surface area contributed by atoms with Crippen LogP contribution in [0.2, 0.25) is 0 Å². The first-order valence-corrected chi connectivity index (χ1v) is 6.70. The molecule has 1 atom stereocenters. The van der Waals surface area contributed by atoms with E-state index < -0.39 is 0 Å². The Morgan fingerprint density at radius 2 is 1.89 bits per heavy atom. The van der Waals surface area contributed by atoms with E-state index in [-0.39, 0.29) is 0 Å². The van der Waals surface area contributed by atoms with Crippen LogP contribution in [0.1, 0.15) is 25.8 Å². The van der Waals surface area contributed by atoms with E-state index in [1.54, 1.807) is 7.11 Å². The molecule has 1 rings (SSSR count). The fraction of sp³-hybridized carbons (Fsp3) is 0.600. The van der Waals surface area contributed by atoms with Crippen LogP contribution in [0.5, 0.6) is 5.75 Å². The molecule has 102 valence electrons. The lowest BCUT2D eigenvalue weighted by molar-refractivity contribution is 0.202. The quantitative estimate of drug-likeness (QED) is 0.732. The van der Waals surface area contributed by atoms with Gasteiger partial charge in [0.2, 0.25) is 0 Å². The summed E-state index contributed by atoms with van der Waals surface area (Å²) in [6, 6.07) is 8.77. The molecule has 0 bridgehead atoms. The van der Waals surface area contributed by atoms with Gasteiger partial charge < -0.3 is 14.8 Å². The van der Waals surface area contributed by atoms with Gasteiger partial charge in [0.25, 0.3) is 0 Å². The zero-order valence-corrected chi connectivity index (χ0v) is 11.7. The second-order valence-electron chi connectivity index (χ2n) is 4.48. The molecule has 0 radical (unpaired) electrons. The number of methoxy groups -OCH3 is 1. The first kappa shape index (κ1) is 15.0. The molecular weight excluding hydrogens is 226 g/mol. The van der Waals surface area contributed by atoms with Gasteiger partial charge in [0.15, 0.2) is 0 Å². The number of ether oxygens (including phenoxy) is 2. The standard InChI is InChI=1S/C15H25NO2/c1-4-16-13(2)9-12-18-15-7-5-14(6-8-15)10-11-17-3/h5-8,13,16H,4,9-12H2,1-3H3. The van der Waals surface area contributed by atoms with Crippen LogP contribution in [0.15, 0.2) is 24.3 Å². The maximum atomic E-state index is 5.71. The van der Waals surface area contributed by atoms with Gasteiger partial charge in [-0.2, -0.15) is 0 Å². The van der Waals surface area contributed by atoms with Gasteiger partial charge in [0, 0.05) is 13.2 Å². The Morgan fingerprint density at radius 1 is 1.17 bits per heavy atom. The van der Waals surface area contributed by atoms with Crippen molar-refractivity contribution in [1.82, 2.24) is 5.32 Å². The highest BCUT2D eigenvalue weighted by molar-refractivity contribution is 5.27. The first-order valence-electron chi connectivity index (χ1n) is 6.70. The number of nitrogens with one attached hydrogen (secondary N) is 1. The summed E-state index contributed by atoms with van der Waals surface area (Å²) < 4.78 is 10.8. The van der Waals surface area contributed by atoms with Crippen molar-refractivity contribution in [1.29, 1.82) is 0 Å². The Kier molecular flexibility index (Phi) is 7.46. The van der Waals surface area contributed by atoms with Crippen LogP contribution in [0.4, 0.5) is 0 Å². The van der Waals surface area contributed by atoms with Crippen molar-refractivity contribution in [2.75, 3.05) is 26.9 Å². The lowest BCUT2D eigenvalue weighted by Crippen LogP contribution is -2.27. The van der Waals surface area contributed by atoms with Crippen LogP contribution < -0.4 is 10.1 Å². The molecule has 0 saturated heterocycles. The summed E-state index contributed by atoms with van der Waals surface area (Å²) in [4.78, 5) is 0. The Labute approximate surface area is 110 Å². The molecule has 0 amide bonds. The van der Waals surface area contributed by atoms with Crippen LogP contribution in [-0.2, 0) is 11.2 Å². The second-order valence-corrected chi connectivity index (χ2v) is 4.48. The molecule has 0 aromatic heterocycles. The van der Waals surface area contributed by atoms with Crippen molar-refractivity contribution in [2.24, 2.45) is 0 Å². The van der Waals surface area contributed by atoms with E-state index in [1.807, 2.05) is 12.1 Å². The van der Waals surface area contributed by atoms with Gasteiger partial charge in [0.1, 0.15) is 5.75 Å². The summed E-state index contributed by atoms with van der Waals surface area (Å²) in [6.45, 7) is 6.83. The maximum Gasteiger partial charge on any atom is 0.119 e. The van der Waals surface area contributed by atoms with Crippen LogP contribution in [0, 0.1) is 0 Å². The predicted molar refractivity (Wildman–Crippen MR) is 75.3 cm³/mol. The van der Waals surface area contributed by atoms with Crippen molar-refractivity contribution in [3.8, 4) is 5.75 Å². The second kappa shape index (κ2) is 8.95. The molecule has 1 aromatic carbocycles.